The second-order valence-corrected chi connectivity index (χ2v) is 19.6. The van der Waals surface area contributed by atoms with Crippen molar-refractivity contribution in [2.75, 3.05) is 40.3 Å². The van der Waals surface area contributed by atoms with Gasteiger partial charge in [0.25, 0.3) is 5.91 Å². The second kappa shape index (κ2) is 27.8. The van der Waals surface area contributed by atoms with E-state index in [9.17, 15) is 57.3 Å². The minimum atomic E-state index is -4.11. The van der Waals surface area contributed by atoms with Crippen molar-refractivity contribution in [2.24, 2.45) is 0 Å². The van der Waals surface area contributed by atoms with Crippen LogP contribution >= 0.6 is 0 Å². The SMILES string of the molecule is CCCCCCCCCCCCCCCC(=O)N(C)C(CO)C(=O)NCC(=O)NCC(=O)N(C)C1C(=O)NCC(=O)NC(C(=O)NS(=O)(=O)C(C)C)Cc2ccc(O)c(c2)-c2cc1ccc2O. The van der Waals surface area contributed by atoms with Crippen molar-refractivity contribution in [3.8, 4) is 22.6 Å². The number of rotatable bonds is 25. The molecule has 3 rings (SSSR count). The quantitative estimate of drug-likeness (QED) is 0.0668. The van der Waals surface area contributed by atoms with Crippen molar-refractivity contribution in [3.05, 3.63) is 47.5 Å². The highest BCUT2D eigenvalue weighted by Gasteiger charge is 2.33. The number of aliphatic hydroxyl groups is 1. The van der Waals surface area contributed by atoms with E-state index < -0.39 is 95.1 Å². The number of nitrogens with one attached hydrogen (secondary N) is 5. The summed E-state index contributed by atoms with van der Waals surface area (Å²) in [7, 11) is -1.46. The van der Waals surface area contributed by atoms with E-state index in [1.807, 2.05) is 4.72 Å². The van der Waals surface area contributed by atoms with E-state index in [1.165, 1.54) is 122 Å². The number of phenols is 2. The molecule has 8 N–H and O–H groups in total. The largest absolute Gasteiger partial charge is 0.507 e. The highest BCUT2D eigenvalue weighted by Crippen LogP contribution is 2.38. The minimum absolute atomic E-state index is 0.0251. The molecule has 0 radical (unpaired) electrons. The molecule has 3 atom stereocenters. The third-order valence-electron chi connectivity index (χ3n) is 11.8. The van der Waals surface area contributed by atoms with Crippen LogP contribution in [0.5, 0.6) is 11.5 Å². The molecule has 1 heterocycles. The van der Waals surface area contributed by atoms with Gasteiger partial charge in [0.1, 0.15) is 29.6 Å². The molecule has 2 aromatic rings. The normalized spacial score (nSPS) is 15.6. The van der Waals surface area contributed by atoms with E-state index in [0.29, 0.717) is 12.0 Å². The molecular formula is C47H71N7O12S. The van der Waals surface area contributed by atoms with Gasteiger partial charge in [0.2, 0.25) is 45.5 Å². The summed E-state index contributed by atoms with van der Waals surface area (Å²) in [6.07, 6.45) is 15.0. The lowest BCUT2D eigenvalue weighted by Gasteiger charge is -2.29. The molecule has 0 saturated carbocycles. The van der Waals surface area contributed by atoms with Crippen molar-refractivity contribution >= 4 is 51.4 Å². The molecule has 0 spiro atoms. The lowest BCUT2D eigenvalue weighted by molar-refractivity contribution is -0.141. The first-order valence-corrected chi connectivity index (χ1v) is 24.8. The Labute approximate surface area is 394 Å². The molecule has 2 aromatic carbocycles. The van der Waals surface area contributed by atoms with Crippen LogP contribution in [-0.2, 0) is 50.0 Å². The Hall–Kier alpha value is -5.76. The number of fused-ring (bicyclic) bond motifs is 5. The van der Waals surface area contributed by atoms with Gasteiger partial charge in [0.15, 0.2) is 0 Å². The first kappa shape index (κ1) is 55.6. The summed E-state index contributed by atoms with van der Waals surface area (Å²) >= 11 is 0. The monoisotopic (exact) mass is 957 g/mol. The van der Waals surface area contributed by atoms with E-state index in [-0.39, 0.29) is 46.9 Å². The Balaban J connectivity index is 1.61. The van der Waals surface area contributed by atoms with E-state index in [4.69, 9.17) is 0 Å². The zero-order valence-corrected chi connectivity index (χ0v) is 40.3. The molecule has 4 bridgehead atoms. The van der Waals surface area contributed by atoms with E-state index >= 15 is 0 Å². The average Bonchev–Trinajstić information content (AvgIpc) is 3.28. The number of aliphatic hydroxyl groups excluding tert-OH is 1. The van der Waals surface area contributed by atoms with Gasteiger partial charge < -0.3 is 46.4 Å². The number of carbonyl (C=O) groups excluding carboxylic acids is 7. The number of carbonyl (C=O) groups is 7. The molecule has 0 fully saturated rings. The highest BCUT2D eigenvalue weighted by molar-refractivity contribution is 7.90. The van der Waals surface area contributed by atoms with Gasteiger partial charge in [-0.05, 0) is 55.7 Å². The van der Waals surface area contributed by atoms with Gasteiger partial charge in [-0.25, -0.2) is 8.42 Å². The summed E-state index contributed by atoms with van der Waals surface area (Å²) in [6.45, 7) is 2.25. The lowest BCUT2D eigenvalue weighted by atomic mass is 9.94. The van der Waals surface area contributed by atoms with Gasteiger partial charge >= 0.3 is 0 Å². The molecule has 67 heavy (non-hydrogen) atoms. The fourth-order valence-corrected chi connectivity index (χ4v) is 8.17. The summed E-state index contributed by atoms with van der Waals surface area (Å²) in [5.41, 5.74) is 0.549. The molecule has 372 valence electrons. The summed E-state index contributed by atoms with van der Waals surface area (Å²) in [6, 6.07) is 3.84. The van der Waals surface area contributed by atoms with Crippen molar-refractivity contribution in [1.29, 1.82) is 0 Å². The third kappa shape index (κ3) is 17.8. The highest BCUT2D eigenvalue weighted by atomic mass is 32.2. The number of unbranched alkanes of at least 4 members (excludes halogenated alkanes) is 12. The third-order valence-corrected chi connectivity index (χ3v) is 13.5. The molecule has 1 aliphatic heterocycles. The number of phenolic OH excluding ortho intramolecular Hbond substituents is 2. The Kier molecular flexibility index (Phi) is 23.0. The maximum Gasteiger partial charge on any atom is 0.256 e. The Morgan fingerprint density at radius 1 is 0.776 bits per heavy atom. The molecule has 0 saturated heterocycles. The van der Waals surface area contributed by atoms with Gasteiger partial charge in [-0.1, -0.05) is 96.1 Å². The van der Waals surface area contributed by atoms with Crippen molar-refractivity contribution in [2.45, 2.75) is 140 Å². The summed E-state index contributed by atoms with van der Waals surface area (Å²) in [4.78, 5) is 94.6. The smallest absolute Gasteiger partial charge is 0.256 e. The van der Waals surface area contributed by atoms with Gasteiger partial charge in [-0.2, -0.15) is 0 Å². The Morgan fingerprint density at radius 2 is 1.34 bits per heavy atom. The molecular weight excluding hydrogens is 887 g/mol. The number of amides is 7. The van der Waals surface area contributed by atoms with Crippen molar-refractivity contribution in [1.82, 2.24) is 35.8 Å². The van der Waals surface area contributed by atoms with Crippen LogP contribution in [0.4, 0.5) is 0 Å². The summed E-state index contributed by atoms with van der Waals surface area (Å²) in [5.74, 6) is -6.20. The van der Waals surface area contributed by atoms with E-state index in [1.54, 1.807) is 0 Å². The number of aromatic hydroxyl groups is 2. The fraction of sp³-hybridized carbons (Fsp3) is 0.596. The van der Waals surface area contributed by atoms with E-state index in [2.05, 4.69) is 28.2 Å². The topological polar surface area (TPSA) is 281 Å². The summed E-state index contributed by atoms with van der Waals surface area (Å²) < 4.78 is 27.0. The molecule has 3 unspecified atom stereocenters. The van der Waals surface area contributed by atoms with Crippen LogP contribution in [0.2, 0.25) is 0 Å². The van der Waals surface area contributed by atoms with Crippen LogP contribution in [0, 0.1) is 0 Å². The van der Waals surface area contributed by atoms with Crippen LogP contribution in [0.3, 0.4) is 0 Å². The number of hydrogen-bond donors (Lipinski definition) is 8. The van der Waals surface area contributed by atoms with Gasteiger partial charge in [0, 0.05) is 38.1 Å². The zero-order valence-electron chi connectivity index (χ0n) is 39.5. The van der Waals surface area contributed by atoms with Crippen molar-refractivity contribution in [3.63, 3.8) is 0 Å². The molecule has 0 aromatic heterocycles. The first-order chi connectivity index (χ1) is 31.8. The predicted octanol–water partition coefficient (Wildman–Crippen LogP) is 2.81. The first-order valence-electron chi connectivity index (χ1n) is 23.2. The van der Waals surface area contributed by atoms with E-state index in [0.717, 1.165) is 29.1 Å². The molecule has 19 nitrogen and oxygen atoms in total. The Bertz CT molecular complexity index is 2130. The fourth-order valence-electron chi connectivity index (χ4n) is 7.52. The lowest BCUT2D eigenvalue weighted by Crippen LogP contribution is -2.53. The molecule has 7 amide bonds. The molecule has 1 aliphatic rings. The van der Waals surface area contributed by atoms with Crippen LogP contribution in [0.25, 0.3) is 11.1 Å². The van der Waals surface area contributed by atoms with Crippen LogP contribution < -0.4 is 26.0 Å². The van der Waals surface area contributed by atoms with Gasteiger partial charge in [0.05, 0.1) is 31.5 Å². The van der Waals surface area contributed by atoms with Crippen LogP contribution in [-0.4, -0.2) is 133 Å². The Morgan fingerprint density at radius 3 is 1.93 bits per heavy atom. The van der Waals surface area contributed by atoms with Gasteiger partial charge in [-0.3, -0.25) is 38.3 Å². The maximum atomic E-state index is 13.8. The van der Waals surface area contributed by atoms with Crippen molar-refractivity contribution < 1.29 is 57.3 Å². The number of sulfonamides is 1. The number of benzene rings is 2. The average molecular weight is 958 g/mol. The van der Waals surface area contributed by atoms with Crippen LogP contribution in [0.15, 0.2) is 36.4 Å². The van der Waals surface area contributed by atoms with Gasteiger partial charge in [-0.15, -0.1) is 0 Å². The predicted molar refractivity (Wildman–Crippen MR) is 252 cm³/mol. The molecule has 0 aliphatic carbocycles. The second-order valence-electron chi connectivity index (χ2n) is 17.3. The van der Waals surface area contributed by atoms with Crippen LogP contribution in [0.1, 0.15) is 128 Å². The number of nitrogens with zero attached hydrogens (tertiary/aromatic N) is 2. The number of hydrogen-bond acceptors (Lipinski definition) is 12. The standard InChI is InChI=1S/C47H71N7O12S/c1-6-7-8-9-10-11-12-13-14-15-16-17-18-19-42(60)53(4)37(30-55)46(63)49-27-40(58)48-29-43(61)54(5)44-33-21-23-39(57)35(26-33)34-24-32(20-22-38(34)56)25-36(51-41(59)28-50-47(44)64)45(62)52-67(65,66)31(2)3/h20-24,26,31,36-37,44,55-57H,6-19,25,27-30H2,1-5H3,(H,48,58)(H,49,63)(H,50,64)(H,51,59)(H,52,62). The maximum absolute atomic E-state index is 13.8. The summed E-state index contributed by atoms with van der Waals surface area (Å²) in [5, 5.41) is 40.4. The zero-order chi connectivity index (χ0) is 49.7. The minimum Gasteiger partial charge on any atom is -0.507 e. The molecule has 20 heteroatoms. The number of likely N-dealkylation sites (N-methyl/N-ethyl adjacent to an activating group) is 2.